The maximum Gasteiger partial charge on any atom is 0.207 e. The predicted molar refractivity (Wildman–Crippen MR) is 60.2 cm³/mol. The van der Waals surface area contributed by atoms with Crippen molar-refractivity contribution in [1.29, 1.82) is 0 Å². The molecule has 0 aromatic carbocycles. The molecule has 3 rings (SSSR count). The summed E-state index contributed by atoms with van der Waals surface area (Å²) in [6.07, 6.45) is 6.23. The van der Waals surface area contributed by atoms with E-state index in [9.17, 15) is 0 Å². The number of pyridine rings is 1. The minimum atomic E-state index is 0.460. The lowest BCUT2D eigenvalue weighted by atomic mass is 10.1. The zero-order valence-corrected chi connectivity index (χ0v) is 9.04. The number of halogens is 1. The van der Waals surface area contributed by atoms with Gasteiger partial charge in [-0.25, -0.2) is 4.98 Å². The lowest BCUT2D eigenvalue weighted by Gasteiger charge is -2.11. The van der Waals surface area contributed by atoms with Gasteiger partial charge in [0.1, 0.15) is 0 Å². The smallest absolute Gasteiger partial charge is 0.207 e. The zero-order valence-electron chi connectivity index (χ0n) is 8.28. The Morgan fingerprint density at radius 3 is 3.27 bits per heavy atom. The molecule has 1 aliphatic heterocycles. The number of nitrogens with one attached hydrogen (secondary N) is 1. The third-order valence-corrected chi connectivity index (χ3v) is 3.27. The van der Waals surface area contributed by atoms with Crippen LogP contribution in [0.4, 0.5) is 0 Å². The van der Waals surface area contributed by atoms with Gasteiger partial charge in [0, 0.05) is 12.2 Å². The van der Waals surface area contributed by atoms with Crippen molar-refractivity contribution in [2.45, 2.75) is 18.9 Å². The quantitative estimate of drug-likeness (QED) is 0.802. The second-order valence-corrected chi connectivity index (χ2v) is 4.23. The van der Waals surface area contributed by atoms with Crippen molar-refractivity contribution in [2.24, 2.45) is 0 Å². The van der Waals surface area contributed by atoms with Crippen LogP contribution in [-0.4, -0.2) is 15.9 Å². The summed E-state index contributed by atoms with van der Waals surface area (Å²) in [4.78, 5) is 4.13. The lowest BCUT2D eigenvalue weighted by Crippen LogP contribution is -2.13. The summed E-state index contributed by atoms with van der Waals surface area (Å²) in [5.74, 6) is 0. The molecule has 0 bridgehead atoms. The number of nitrogens with zero attached hydrogens (tertiary/aromatic N) is 2. The normalized spacial score (nSPS) is 21.3. The van der Waals surface area contributed by atoms with E-state index < -0.39 is 0 Å². The third-order valence-electron chi connectivity index (χ3n) is 2.99. The van der Waals surface area contributed by atoms with Gasteiger partial charge in [0.2, 0.25) is 5.28 Å². The number of imidazole rings is 1. The summed E-state index contributed by atoms with van der Waals surface area (Å²) in [6, 6.07) is 4.63. The molecular formula is C11H12ClN3. The number of hydrogen-bond donors (Lipinski definition) is 1. The zero-order chi connectivity index (χ0) is 10.3. The summed E-state index contributed by atoms with van der Waals surface area (Å²) in [5, 5.41) is 4.02. The van der Waals surface area contributed by atoms with Gasteiger partial charge in [-0.05, 0) is 42.6 Å². The van der Waals surface area contributed by atoms with Crippen molar-refractivity contribution in [2.75, 3.05) is 6.54 Å². The molecule has 15 heavy (non-hydrogen) atoms. The molecule has 0 radical (unpaired) electrons. The van der Waals surface area contributed by atoms with Crippen LogP contribution in [0.2, 0.25) is 5.28 Å². The van der Waals surface area contributed by atoms with Crippen molar-refractivity contribution in [3.05, 3.63) is 35.4 Å². The molecule has 2 aromatic heterocycles. The molecule has 0 spiro atoms. The molecule has 1 aliphatic rings. The van der Waals surface area contributed by atoms with Crippen LogP contribution in [0.5, 0.6) is 0 Å². The maximum atomic E-state index is 5.98. The standard InChI is InChI=1S/C11H12ClN3/c12-11-14-7-10-8(3-2-6-15(10)11)9-4-1-5-13-9/h2-3,6-7,9,13H,1,4-5H2. The van der Waals surface area contributed by atoms with Gasteiger partial charge in [0.15, 0.2) is 0 Å². The van der Waals surface area contributed by atoms with Gasteiger partial charge in [-0.1, -0.05) is 6.07 Å². The van der Waals surface area contributed by atoms with Crippen LogP contribution in [0.3, 0.4) is 0 Å². The van der Waals surface area contributed by atoms with E-state index in [2.05, 4.69) is 16.4 Å². The van der Waals surface area contributed by atoms with Crippen LogP contribution in [0.1, 0.15) is 24.4 Å². The fraction of sp³-hybridized carbons (Fsp3) is 0.364. The molecular weight excluding hydrogens is 210 g/mol. The van der Waals surface area contributed by atoms with Crippen molar-refractivity contribution in [3.8, 4) is 0 Å². The fourth-order valence-corrected chi connectivity index (χ4v) is 2.45. The monoisotopic (exact) mass is 221 g/mol. The number of rotatable bonds is 1. The molecule has 4 heteroatoms. The SMILES string of the molecule is Clc1ncc2c(C3CCCN3)cccn12. The van der Waals surface area contributed by atoms with Crippen molar-refractivity contribution in [3.63, 3.8) is 0 Å². The maximum absolute atomic E-state index is 5.98. The minimum absolute atomic E-state index is 0.460. The first-order valence-corrected chi connectivity index (χ1v) is 5.59. The third kappa shape index (κ3) is 1.43. The van der Waals surface area contributed by atoms with E-state index in [1.165, 1.54) is 18.4 Å². The first kappa shape index (κ1) is 9.19. The van der Waals surface area contributed by atoms with E-state index >= 15 is 0 Å². The summed E-state index contributed by atoms with van der Waals surface area (Å²) >= 11 is 5.98. The van der Waals surface area contributed by atoms with Gasteiger partial charge < -0.3 is 5.32 Å². The van der Waals surface area contributed by atoms with Gasteiger partial charge in [-0.3, -0.25) is 4.40 Å². The summed E-state index contributed by atoms with van der Waals surface area (Å²) in [7, 11) is 0. The molecule has 0 amide bonds. The molecule has 1 saturated heterocycles. The highest BCUT2D eigenvalue weighted by atomic mass is 35.5. The molecule has 78 valence electrons. The second kappa shape index (κ2) is 3.51. The average molecular weight is 222 g/mol. The van der Waals surface area contributed by atoms with Crippen LogP contribution in [0.25, 0.3) is 5.52 Å². The van der Waals surface area contributed by atoms with E-state index in [1.54, 1.807) is 0 Å². The van der Waals surface area contributed by atoms with Gasteiger partial charge >= 0.3 is 0 Å². The van der Waals surface area contributed by atoms with Crippen LogP contribution in [-0.2, 0) is 0 Å². The first-order valence-electron chi connectivity index (χ1n) is 5.21. The van der Waals surface area contributed by atoms with Crippen LogP contribution in [0.15, 0.2) is 24.5 Å². The molecule has 1 N–H and O–H groups in total. The van der Waals surface area contributed by atoms with Gasteiger partial charge in [0.25, 0.3) is 0 Å². The van der Waals surface area contributed by atoms with E-state index in [4.69, 9.17) is 11.6 Å². The molecule has 3 nitrogen and oxygen atoms in total. The number of fused-ring (bicyclic) bond motifs is 1. The Labute approximate surface area is 93.1 Å². The molecule has 3 heterocycles. The molecule has 1 fully saturated rings. The highest BCUT2D eigenvalue weighted by Gasteiger charge is 2.19. The van der Waals surface area contributed by atoms with Crippen LogP contribution >= 0.6 is 11.6 Å². The highest BCUT2D eigenvalue weighted by molar-refractivity contribution is 6.28. The molecule has 1 atom stereocenters. The van der Waals surface area contributed by atoms with Gasteiger partial charge in [-0.2, -0.15) is 0 Å². The predicted octanol–water partition coefficient (Wildman–Crippen LogP) is 2.41. The van der Waals surface area contributed by atoms with E-state index in [-0.39, 0.29) is 0 Å². The number of hydrogen-bond acceptors (Lipinski definition) is 2. The largest absolute Gasteiger partial charge is 0.310 e. The van der Waals surface area contributed by atoms with Gasteiger partial charge in [-0.15, -0.1) is 0 Å². The molecule has 0 aliphatic carbocycles. The van der Waals surface area contributed by atoms with E-state index in [1.807, 2.05) is 22.9 Å². The van der Waals surface area contributed by atoms with Crippen molar-refractivity contribution in [1.82, 2.24) is 14.7 Å². The highest BCUT2D eigenvalue weighted by Crippen LogP contribution is 2.27. The fourth-order valence-electron chi connectivity index (χ4n) is 2.26. The van der Waals surface area contributed by atoms with E-state index in [0.717, 1.165) is 12.1 Å². The van der Waals surface area contributed by atoms with Crippen molar-refractivity contribution < 1.29 is 0 Å². The lowest BCUT2D eigenvalue weighted by molar-refractivity contribution is 0.650. The number of aromatic nitrogens is 2. The van der Waals surface area contributed by atoms with Crippen LogP contribution in [0, 0.1) is 0 Å². The van der Waals surface area contributed by atoms with Gasteiger partial charge in [0.05, 0.1) is 11.7 Å². The Hall–Kier alpha value is -1.06. The molecule has 2 aromatic rings. The molecule has 0 saturated carbocycles. The van der Waals surface area contributed by atoms with Crippen LogP contribution < -0.4 is 5.32 Å². The summed E-state index contributed by atoms with van der Waals surface area (Å²) in [6.45, 7) is 1.10. The minimum Gasteiger partial charge on any atom is -0.310 e. The molecule has 1 unspecified atom stereocenters. The topological polar surface area (TPSA) is 29.3 Å². The van der Waals surface area contributed by atoms with E-state index in [0.29, 0.717) is 11.3 Å². The summed E-state index contributed by atoms with van der Waals surface area (Å²) in [5.41, 5.74) is 2.41. The average Bonchev–Trinajstić information content (AvgIpc) is 2.88. The van der Waals surface area contributed by atoms with Crippen molar-refractivity contribution >= 4 is 17.1 Å². The Bertz CT molecular complexity index is 486. The summed E-state index contributed by atoms with van der Waals surface area (Å²) < 4.78 is 1.93. The Kier molecular flexibility index (Phi) is 2.15. The second-order valence-electron chi connectivity index (χ2n) is 3.89. The Morgan fingerprint density at radius 2 is 2.47 bits per heavy atom. The Morgan fingerprint density at radius 1 is 1.53 bits per heavy atom. The Balaban J connectivity index is 2.17. The first-order chi connectivity index (χ1) is 7.36.